The third kappa shape index (κ3) is 1.88. The summed E-state index contributed by atoms with van der Waals surface area (Å²) in [6, 6.07) is 0.264. The van der Waals surface area contributed by atoms with Gasteiger partial charge in [0.25, 0.3) is 0 Å². The summed E-state index contributed by atoms with van der Waals surface area (Å²) in [7, 11) is 0. The van der Waals surface area contributed by atoms with Crippen molar-refractivity contribution in [2.75, 3.05) is 13.2 Å². The standard InChI is InChI=1S/C11H20N2O2/c1-7(2)11-12-6-10(14)13(11)9-4-5-15-8(9)3/h7-9,11-12H,4-6H2,1-3H3. The second-order valence-electron chi connectivity index (χ2n) is 4.80. The molecule has 4 heteroatoms. The van der Waals surface area contributed by atoms with Gasteiger partial charge in [-0.1, -0.05) is 13.8 Å². The zero-order valence-corrected chi connectivity index (χ0v) is 9.69. The van der Waals surface area contributed by atoms with Gasteiger partial charge in [0.15, 0.2) is 0 Å². The Morgan fingerprint density at radius 1 is 1.53 bits per heavy atom. The molecule has 0 bridgehead atoms. The van der Waals surface area contributed by atoms with Crippen LogP contribution in [0.3, 0.4) is 0 Å². The van der Waals surface area contributed by atoms with Crippen LogP contribution < -0.4 is 5.32 Å². The van der Waals surface area contributed by atoms with Crippen molar-refractivity contribution >= 4 is 5.91 Å². The van der Waals surface area contributed by atoms with E-state index in [0.29, 0.717) is 12.5 Å². The lowest BCUT2D eigenvalue weighted by Gasteiger charge is -2.33. The van der Waals surface area contributed by atoms with Gasteiger partial charge in [-0.2, -0.15) is 0 Å². The van der Waals surface area contributed by atoms with Gasteiger partial charge < -0.3 is 9.64 Å². The lowest BCUT2D eigenvalue weighted by molar-refractivity contribution is -0.132. The van der Waals surface area contributed by atoms with E-state index in [-0.39, 0.29) is 24.2 Å². The highest BCUT2D eigenvalue weighted by Crippen LogP contribution is 2.25. The lowest BCUT2D eigenvalue weighted by atomic mass is 10.1. The molecule has 0 aromatic heterocycles. The molecule has 4 nitrogen and oxygen atoms in total. The maximum atomic E-state index is 11.8. The summed E-state index contributed by atoms with van der Waals surface area (Å²) >= 11 is 0. The zero-order chi connectivity index (χ0) is 11.0. The molecule has 3 unspecified atom stereocenters. The Bertz CT molecular complexity index is 255. The molecule has 0 radical (unpaired) electrons. The predicted molar refractivity (Wildman–Crippen MR) is 57.3 cm³/mol. The molecule has 2 fully saturated rings. The summed E-state index contributed by atoms with van der Waals surface area (Å²) in [4.78, 5) is 13.8. The van der Waals surface area contributed by atoms with Gasteiger partial charge in [0.05, 0.1) is 24.9 Å². The fourth-order valence-electron chi connectivity index (χ4n) is 2.57. The average molecular weight is 212 g/mol. The van der Waals surface area contributed by atoms with E-state index < -0.39 is 0 Å². The number of nitrogens with one attached hydrogen (secondary N) is 1. The van der Waals surface area contributed by atoms with Crippen LogP contribution in [0.2, 0.25) is 0 Å². The van der Waals surface area contributed by atoms with E-state index in [9.17, 15) is 4.79 Å². The van der Waals surface area contributed by atoms with Gasteiger partial charge in [-0.05, 0) is 19.3 Å². The van der Waals surface area contributed by atoms with E-state index in [1.165, 1.54) is 0 Å². The Balaban J connectivity index is 2.13. The molecule has 1 amide bonds. The van der Waals surface area contributed by atoms with Crippen molar-refractivity contribution < 1.29 is 9.53 Å². The molecule has 0 saturated carbocycles. The molecule has 2 aliphatic rings. The number of carbonyl (C=O) groups is 1. The highest BCUT2D eigenvalue weighted by Gasteiger charge is 2.41. The number of nitrogens with zero attached hydrogens (tertiary/aromatic N) is 1. The van der Waals surface area contributed by atoms with E-state index in [2.05, 4.69) is 26.1 Å². The molecule has 2 rings (SSSR count). The van der Waals surface area contributed by atoms with Gasteiger partial charge in [-0.25, -0.2) is 0 Å². The van der Waals surface area contributed by atoms with Crippen molar-refractivity contribution in [2.45, 2.75) is 45.5 Å². The van der Waals surface area contributed by atoms with Gasteiger partial charge in [-0.3, -0.25) is 10.1 Å². The third-order valence-electron chi connectivity index (χ3n) is 3.38. The molecule has 2 heterocycles. The minimum absolute atomic E-state index is 0.176. The summed E-state index contributed by atoms with van der Waals surface area (Å²) in [5.41, 5.74) is 0. The van der Waals surface area contributed by atoms with E-state index >= 15 is 0 Å². The van der Waals surface area contributed by atoms with Crippen LogP contribution in [-0.4, -0.2) is 42.3 Å². The van der Waals surface area contributed by atoms with Gasteiger partial charge >= 0.3 is 0 Å². The molecule has 0 spiro atoms. The molecular formula is C11H20N2O2. The quantitative estimate of drug-likeness (QED) is 0.728. The number of amides is 1. The topological polar surface area (TPSA) is 41.6 Å². The van der Waals surface area contributed by atoms with Crippen LogP contribution >= 0.6 is 0 Å². The maximum absolute atomic E-state index is 11.8. The second-order valence-corrected chi connectivity index (χ2v) is 4.80. The molecule has 0 aliphatic carbocycles. The van der Waals surface area contributed by atoms with Crippen LogP contribution in [0.15, 0.2) is 0 Å². The highest BCUT2D eigenvalue weighted by atomic mass is 16.5. The fraction of sp³-hybridized carbons (Fsp3) is 0.909. The summed E-state index contributed by atoms with van der Waals surface area (Å²) in [5.74, 6) is 0.667. The highest BCUT2D eigenvalue weighted by molar-refractivity contribution is 5.81. The van der Waals surface area contributed by atoms with Gasteiger partial charge in [0.1, 0.15) is 0 Å². The SMILES string of the molecule is CC(C)C1NCC(=O)N1C1CCOC1C. The first-order valence-electron chi connectivity index (χ1n) is 5.77. The fourth-order valence-corrected chi connectivity index (χ4v) is 2.57. The number of carbonyl (C=O) groups excluding carboxylic acids is 1. The van der Waals surface area contributed by atoms with Gasteiger partial charge in [0, 0.05) is 6.61 Å². The molecule has 15 heavy (non-hydrogen) atoms. The number of ether oxygens (including phenoxy) is 1. The predicted octanol–water partition coefficient (Wildman–Crippen LogP) is 0.578. The van der Waals surface area contributed by atoms with E-state index in [1.807, 2.05) is 4.90 Å². The average Bonchev–Trinajstić information content (AvgIpc) is 2.71. The van der Waals surface area contributed by atoms with Crippen molar-refractivity contribution in [3.8, 4) is 0 Å². The Hall–Kier alpha value is -0.610. The first-order valence-corrected chi connectivity index (χ1v) is 5.77. The Morgan fingerprint density at radius 3 is 2.80 bits per heavy atom. The van der Waals surface area contributed by atoms with Crippen LogP contribution in [0.4, 0.5) is 0 Å². The number of rotatable bonds is 2. The number of hydrogen-bond donors (Lipinski definition) is 1. The van der Waals surface area contributed by atoms with Crippen molar-refractivity contribution in [3.05, 3.63) is 0 Å². The monoisotopic (exact) mass is 212 g/mol. The van der Waals surface area contributed by atoms with Crippen LogP contribution in [-0.2, 0) is 9.53 Å². The molecule has 3 atom stereocenters. The Morgan fingerprint density at radius 2 is 2.27 bits per heavy atom. The smallest absolute Gasteiger partial charge is 0.238 e. The lowest BCUT2D eigenvalue weighted by Crippen LogP contribution is -2.49. The summed E-state index contributed by atoms with van der Waals surface area (Å²) in [5, 5.41) is 3.27. The molecule has 2 aliphatic heterocycles. The van der Waals surface area contributed by atoms with Crippen LogP contribution in [0, 0.1) is 5.92 Å². The molecule has 1 N–H and O–H groups in total. The molecular weight excluding hydrogens is 192 g/mol. The third-order valence-corrected chi connectivity index (χ3v) is 3.38. The summed E-state index contributed by atoms with van der Waals surface area (Å²) in [6.45, 7) is 7.60. The summed E-state index contributed by atoms with van der Waals surface area (Å²) < 4.78 is 5.53. The molecule has 0 aromatic rings. The zero-order valence-electron chi connectivity index (χ0n) is 9.69. The van der Waals surface area contributed by atoms with E-state index in [0.717, 1.165) is 13.0 Å². The van der Waals surface area contributed by atoms with Crippen LogP contribution in [0.1, 0.15) is 27.2 Å². The Labute approximate surface area is 91.0 Å². The minimum atomic E-state index is 0.176. The maximum Gasteiger partial charge on any atom is 0.238 e. The molecule has 2 saturated heterocycles. The van der Waals surface area contributed by atoms with E-state index in [4.69, 9.17) is 4.74 Å². The van der Waals surface area contributed by atoms with Crippen molar-refractivity contribution in [1.82, 2.24) is 10.2 Å². The first-order chi connectivity index (χ1) is 7.11. The number of hydrogen-bond acceptors (Lipinski definition) is 3. The van der Waals surface area contributed by atoms with Crippen LogP contribution in [0.25, 0.3) is 0 Å². The first kappa shape index (κ1) is 10.9. The Kier molecular flexibility index (Phi) is 2.98. The van der Waals surface area contributed by atoms with Gasteiger partial charge in [-0.15, -0.1) is 0 Å². The second kappa shape index (κ2) is 4.10. The van der Waals surface area contributed by atoms with Crippen molar-refractivity contribution in [3.63, 3.8) is 0 Å². The summed E-state index contributed by atoms with van der Waals surface area (Å²) in [6.07, 6.45) is 1.33. The van der Waals surface area contributed by atoms with Crippen molar-refractivity contribution in [1.29, 1.82) is 0 Å². The molecule has 0 aromatic carbocycles. The molecule has 86 valence electrons. The van der Waals surface area contributed by atoms with E-state index in [1.54, 1.807) is 0 Å². The van der Waals surface area contributed by atoms with Crippen molar-refractivity contribution in [2.24, 2.45) is 5.92 Å². The normalized spacial score (nSPS) is 36.9. The van der Waals surface area contributed by atoms with Crippen LogP contribution in [0.5, 0.6) is 0 Å². The largest absolute Gasteiger partial charge is 0.376 e. The minimum Gasteiger partial charge on any atom is -0.376 e. The van der Waals surface area contributed by atoms with Gasteiger partial charge in [0.2, 0.25) is 5.91 Å².